The molecule has 0 bridgehead atoms. The minimum atomic E-state index is 0.283. The van der Waals surface area contributed by atoms with Crippen molar-refractivity contribution in [2.75, 3.05) is 0 Å². The van der Waals surface area contributed by atoms with Gasteiger partial charge in [0, 0.05) is 0 Å². The molecule has 0 saturated carbocycles. The first kappa shape index (κ1) is 7.71. The number of aromatic nitrogens is 3. The molecule has 3 nitrogen and oxygen atoms in total. The smallest absolute Gasteiger partial charge is 0.130 e. The highest BCUT2D eigenvalue weighted by Gasteiger charge is 2.04. The molecule has 60 valence electrons. The van der Waals surface area contributed by atoms with Crippen LogP contribution >= 0.6 is 23.2 Å². The molecule has 0 fully saturated rings. The van der Waals surface area contributed by atoms with Crippen molar-refractivity contribution in [1.29, 1.82) is 0 Å². The van der Waals surface area contributed by atoms with Gasteiger partial charge in [-0.2, -0.15) is 0 Å². The van der Waals surface area contributed by atoms with Gasteiger partial charge in [0.1, 0.15) is 0 Å². The van der Waals surface area contributed by atoms with E-state index in [1.807, 2.05) is 0 Å². The highest BCUT2D eigenvalue weighted by molar-refractivity contribution is 6.41. The van der Waals surface area contributed by atoms with Crippen molar-refractivity contribution in [2.24, 2.45) is 0 Å². The number of halogens is 2. The van der Waals surface area contributed by atoms with Crippen LogP contribution in [0.4, 0.5) is 0 Å². The average molecular weight is 200 g/mol. The topological polar surface area (TPSA) is 38.7 Å². The molecule has 0 aliphatic heterocycles. The molecule has 0 spiro atoms. The van der Waals surface area contributed by atoms with Gasteiger partial charge in [0.05, 0.1) is 15.9 Å². The van der Waals surface area contributed by atoms with E-state index in [9.17, 15) is 0 Å². The standard InChI is InChI=1S/C7H3Cl2N3/c8-4-2-1-3-5-6(4)7(9)11-12-10-5/h1-3H. The Morgan fingerprint density at radius 2 is 1.92 bits per heavy atom. The van der Waals surface area contributed by atoms with Crippen molar-refractivity contribution in [2.45, 2.75) is 0 Å². The van der Waals surface area contributed by atoms with Crippen LogP contribution in [0.5, 0.6) is 0 Å². The zero-order valence-corrected chi connectivity index (χ0v) is 7.34. The lowest BCUT2D eigenvalue weighted by Crippen LogP contribution is -1.89. The molecule has 0 aliphatic carbocycles. The number of hydrogen-bond donors (Lipinski definition) is 0. The van der Waals surface area contributed by atoms with E-state index in [1.165, 1.54) is 0 Å². The van der Waals surface area contributed by atoms with E-state index in [1.54, 1.807) is 18.2 Å². The molecule has 0 saturated heterocycles. The predicted molar refractivity (Wildman–Crippen MR) is 47.4 cm³/mol. The third-order valence-corrected chi connectivity index (χ3v) is 2.06. The Labute approximate surface area is 78.3 Å². The number of hydrogen-bond acceptors (Lipinski definition) is 3. The number of benzene rings is 1. The maximum atomic E-state index is 5.87. The number of rotatable bonds is 0. The van der Waals surface area contributed by atoms with Crippen LogP contribution in [-0.2, 0) is 0 Å². The first-order valence-electron chi connectivity index (χ1n) is 3.22. The van der Waals surface area contributed by atoms with Gasteiger partial charge in [-0.1, -0.05) is 29.3 Å². The first-order chi connectivity index (χ1) is 5.79. The van der Waals surface area contributed by atoms with Crippen LogP contribution in [0, 0.1) is 0 Å². The molecule has 0 unspecified atom stereocenters. The van der Waals surface area contributed by atoms with Gasteiger partial charge in [0.2, 0.25) is 0 Å². The Hall–Kier alpha value is -0.930. The highest BCUT2D eigenvalue weighted by atomic mass is 35.5. The van der Waals surface area contributed by atoms with Crippen LogP contribution < -0.4 is 0 Å². The van der Waals surface area contributed by atoms with Crippen molar-refractivity contribution in [1.82, 2.24) is 15.4 Å². The quantitative estimate of drug-likeness (QED) is 0.654. The van der Waals surface area contributed by atoms with E-state index in [2.05, 4.69) is 15.4 Å². The second kappa shape index (κ2) is 2.84. The monoisotopic (exact) mass is 199 g/mol. The molecule has 1 heterocycles. The third-order valence-electron chi connectivity index (χ3n) is 1.48. The maximum Gasteiger partial charge on any atom is 0.164 e. The molecule has 0 amide bonds. The van der Waals surface area contributed by atoms with E-state index in [-0.39, 0.29) is 5.15 Å². The van der Waals surface area contributed by atoms with E-state index < -0.39 is 0 Å². The molecule has 12 heavy (non-hydrogen) atoms. The van der Waals surface area contributed by atoms with E-state index in [4.69, 9.17) is 23.2 Å². The van der Waals surface area contributed by atoms with E-state index in [0.717, 1.165) is 0 Å². The third kappa shape index (κ3) is 1.11. The Morgan fingerprint density at radius 3 is 2.67 bits per heavy atom. The molecule has 2 aromatic rings. The summed E-state index contributed by atoms with van der Waals surface area (Å²) in [6.45, 7) is 0. The fraction of sp³-hybridized carbons (Fsp3) is 0. The zero-order valence-electron chi connectivity index (χ0n) is 5.83. The minimum Gasteiger partial charge on any atom is -0.130 e. The normalized spacial score (nSPS) is 10.5. The molecular formula is C7H3Cl2N3. The second-order valence-electron chi connectivity index (χ2n) is 2.21. The fourth-order valence-electron chi connectivity index (χ4n) is 0.960. The van der Waals surface area contributed by atoms with Gasteiger partial charge in [0.25, 0.3) is 0 Å². The molecule has 1 aromatic carbocycles. The summed E-state index contributed by atoms with van der Waals surface area (Å²) in [7, 11) is 0. The van der Waals surface area contributed by atoms with Gasteiger partial charge < -0.3 is 0 Å². The van der Waals surface area contributed by atoms with Gasteiger partial charge in [0.15, 0.2) is 5.15 Å². The van der Waals surface area contributed by atoms with Crippen LogP contribution in [-0.4, -0.2) is 15.4 Å². The molecular weight excluding hydrogens is 197 g/mol. The zero-order chi connectivity index (χ0) is 8.55. The lowest BCUT2D eigenvalue weighted by molar-refractivity contribution is 0.896. The second-order valence-corrected chi connectivity index (χ2v) is 2.98. The van der Waals surface area contributed by atoms with E-state index in [0.29, 0.717) is 15.9 Å². The summed E-state index contributed by atoms with van der Waals surface area (Å²) in [5.74, 6) is 0. The van der Waals surface area contributed by atoms with Crippen molar-refractivity contribution in [3.05, 3.63) is 28.4 Å². The summed E-state index contributed by atoms with van der Waals surface area (Å²) in [6, 6.07) is 5.30. The van der Waals surface area contributed by atoms with Gasteiger partial charge in [-0.05, 0) is 17.3 Å². The predicted octanol–water partition coefficient (Wildman–Crippen LogP) is 2.33. The SMILES string of the molecule is Clc1cccc2nnnc(Cl)c12. The molecule has 0 radical (unpaired) electrons. The molecule has 0 aliphatic rings. The Morgan fingerprint density at radius 1 is 1.08 bits per heavy atom. The fourth-order valence-corrected chi connectivity index (χ4v) is 1.50. The summed E-state index contributed by atoms with van der Waals surface area (Å²) in [4.78, 5) is 0. The largest absolute Gasteiger partial charge is 0.164 e. The lowest BCUT2D eigenvalue weighted by Gasteiger charge is -1.97. The number of nitrogens with zero attached hydrogens (tertiary/aromatic N) is 3. The van der Waals surface area contributed by atoms with Crippen molar-refractivity contribution in [3.63, 3.8) is 0 Å². The highest BCUT2D eigenvalue weighted by Crippen LogP contribution is 2.25. The Bertz CT molecular complexity index is 393. The van der Waals surface area contributed by atoms with Crippen LogP contribution in [0.25, 0.3) is 10.9 Å². The summed E-state index contributed by atoms with van der Waals surface area (Å²) >= 11 is 11.6. The van der Waals surface area contributed by atoms with Crippen LogP contribution in [0.15, 0.2) is 18.2 Å². The molecule has 0 N–H and O–H groups in total. The molecule has 2 rings (SSSR count). The molecule has 5 heteroatoms. The van der Waals surface area contributed by atoms with E-state index >= 15 is 0 Å². The van der Waals surface area contributed by atoms with Gasteiger partial charge in [-0.25, -0.2) is 0 Å². The Balaban J connectivity index is 2.96. The first-order valence-corrected chi connectivity index (χ1v) is 3.98. The van der Waals surface area contributed by atoms with Crippen molar-refractivity contribution in [3.8, 4) is 0 Å². The maximum absolute atomic E-state index is 5.87. The Kier molecular flexibility index (Phi) is 1.83. The summed E-state index contributed by atoms with van der Waals surface area (Å²) in [5.41, 5.74) is 0.655. The lowest BCUT2D eigenvalue weighted by atomic mass is 10.2. The average Bonchev–Trinajstić information content (AvgIpc) is 2.04. The van der Waals surface area contributed by atoms with Crippen LogP contribution in [0.3, 0.4) is 0 Å². The van der Waals surface area contributed by atoms with Gasteiger partial charge in [-0.15, -0.1) is 10.2 Å². The molecule has 0 atom stereocenters. The summed E-state index contributed by atoms with van der Waals surface area (Å²) in [5, 5.41) is 12.3. The molecule has 1 aromatic heterocycles. The van der Waals surface area contributed by atoms with Crippen LogP contribution in [0.2, 0.25) is 10.2 Å². The summed E-state index contributed by atoms with van der Waals surface area (Å²) in [6.07, 6.45) is 0. The summed E-state index contributed by atoms with van der Waals surface area (Å²) < 4.78 is 0. The van der Waals surface area contributed by atoms with Crippen molar-refractivity contribution < 1.29 is 0 Å². The number of fused-ring (bicyclic) bond motifs is 1. The van der Waals surface area contributed by atoms with Gasteiger partial charge in [-0.3, -0.25) is 0 Å². The van der Waals surface area contributed by atoms with Crippen molar-refractivity contribution >= 4 is 34.1 Å². The minimum absolute atomic E-state index is 0.283. The van der Waals surface area contributed by atoms with Gasteiger partial charge >= 0.3 is 0 Å². The van der Waals surface area contributed by atoms with Crippen LogP contribution in [0.1, 0.15) is 0 Å².